The number of aliphatic hydroxyl groups excluding tert-OH is 1. The molecule has 116 valence electrons. The van der Waals surface area contributed by atoms with Gasteiger partial charge in [0.15, 0.2) is 0 Å². The van der Waals surface area contributed by atoms with Crippen LogP contribution in [0.4, 0.5) is 4.79 Å². The number of carbonyl (C=O) groups excluding carboxylic acids is 1. The van der Waals surface area contributed by atoms with Gasteiger partial charge in [-0.25, -0.2) is 4.79 Å². The van der Waals surface area contributed by atoms with Crippen molar-refractivity contribution in [2.45, 2.75) is 51.2 Å². The van der Waals surface area contributed by atoms with Gasteiger partial charge >= 0.3 is 6.03 Å². The molecule has 0 aromatic heterocycles. The van der Waals surface area contributed by atoms with Crippen LogP contribution in [-0.2, 0) is 6.54 Å². The number of amides is 2. The molecule has 0 heterocycles. The maximum absolute atomic E-state index is 12.4. The molecule has 1 aromatic carbocycles. The molecule has 1 fully saturated rings. The second kappa shape index (κ2) is 7.66. The summed E-state index contributed by atoms with van der Waals surface area (Å²) in [7, 11) is 0. The Morgan fingerprint density at radius 3 is 2.67 bits per heavy atom. The number of urea groups is 1. The van der Waals surface area contributed by atoms with Gasteiger partial charge in [-0.3, -0.25) is 0 Å². The van der Waals surface area contributed by atoms with Gasteiger partial charge in [0.1, 0.15) is 0 Å². The molecule has 5 heteroatoms. The molecule has 1 unspecified atom stereocenters. The first-order chi connectivity index (χ1) is 10.1. The minimum atomic E-state index is -0.0158. The molecule has 0 aliphatic heterocycles. The van der Waals surface area contributed by atoms with E-state index in [1.807, 2.05) is 36.1 Å². The summed E-state index contributed by atoms with van der Waals surface area (Å²) in [6.07, 6.45) is 3.65. The molecule has 2 rings (SSSR count). The Labute approximate surface area is 131 Å². The summed E-state index contributed by atoms with van der Waals surface area (Å²) in [5.41, 5.74) is 1.09. The lowest BCUT2D eigenvalue weighted by Gasteiger charge is -2.25. The van der Waals surface area contributed by atoms with Gasteiger partial charge < -0.3 is 15.3 Å². The molecule has 0 spiro atoms. The molecule has 1 saturated carbocycles. The standard InChI is InChI=1S/C16H23ClN2O2/c1-12(3-2-10-20)18-16(21)19(15-8-9-15)11-13-4-6-14(17)7-5-13/h4-7,12,15,20H,2-3,8-11H2,1H3,(H,18,21). The van der Waals surface area contributed by atoms with Crippen molar-refractivity contribution in [1.82, 2.24) is 10.2 Å². The smallest absolute Gasteiger partial charge is 0.318 e. The quantitative estimate of drug-likeness (QED) is 0.812. The molecule has 1 aliphatic carbocycles. The van der Waals surface area contributed by atoms with E-state index in [0.29, 0.717) is 24.0 Å². The van der Waals surface area contributed by atoms with Gasteiger partial charge in [0.2, 0.25) is 0 Å². The van der Waals surface area contributed by atoms with Crippen LogP contribution in [0.15, 0.2) is 24.3 Å². The van der Waals surface area contributed by atoms with E-state index in [4.69, 9.17) is 16.7 Å². The van der Waals surface area contributed by atoms with Crippen LogP contribution in [0.5, 0.6) is 0 Å². The summed E-state index contributed by atoms with van der Waals surface area (Å²) >= 11 is 5.89. The minimum Gasteiger partial charge on any atom is -0.396 e. The normalized spacial score (nSPS) is 15.6. The first-order valence-corrected chi connectivity index (χ1v) is 7.90. The summed E-state index contributed by atoms with van der Waals surface area (Å²) in [6, 6.07) is 8.04. The minimum absolute atomic E-state index is 0.0158. The Morgan fingerprint density at radius 2 is 2.10 bits per heavy atom. The van der Waals surface area contributed by atoms with Gasteiger partial charge in [-0.1, -0.05) is 23.7 Å². The maximum Gasteiger partial charge on any atom is 0.318 e. The van der Waals surface area contributed by atoms with Gasteiger partial charge in [-0.15, -0.1) is 0 Å². The molecule has 2 N–H and O–H groups in total. The number of nitrogens with one attached hydrogen (secondary N) is 1. The molecule has 21 heavy (non-hydrogen) atoms. The molecule has 0 saturated heterocycles. The SMILES string of the molecule is CC(CCCO)NC(=O)N(Cc1ccc(Cl)cc1)C1CC1. The predicted molar refractivity (Wildman–Crippen MR) is 84.3 cm³/mol. The molecular weight excluding hydrogens is 288 g/mol. The highest BCUT2D eigenvalue weighted by Gasteiger charge is 2.32. The molecule has 4 nitrogen and oxygen atoms in total. The fraction of sp³-hybridized carbons (Fsp3) is 0.562. The number of halogens is 1. The average Bonchev–Trinajstić information content (AvgIpc) is 3.28. The van der Waals surface area contributed by atoms with Crippen LogP contribution in [0, 0.1) is 0 Å². The van der Waals surface area contributed by atoms with Crippen LogP contribution in [0.25, 0.3) is 0 Å². The van der Waals surface area contributed by atoms with Crippen molar-refractivity contribution >= 4 is 17.6 Å². The van der Waals surface area contributed by atoms with Crippen LogP contribution >= 0.6 is 11.6 Å². The van der Waals surface area contributed by atoms with E-state index in [1.165, 1.54) is 0 Å². The van der Waals surface area contributed by atoms with Crippen molar-refractivity contribution in [3.8, 4) is 0 Å². The molecule has 1 atom stereocenters. The molecular formula is C16H23ClN2O2. The first kappa shape index (κ1) is 16.1. The summed E-state index contributed by atoms with van der Waals surface area (Å²) in [4.78, 5) is 14.3. The van der Waals surface area contributed by atoms with Crippen molar-refractivity contribution in [2.24, 2.45) is 0 Å². The highest BCUT2D eigenvalue weighted by Crippen LogP contribution is 2.28. The Bertz CT molecular complexity index is 460. The largest absolute Gasteiger partial charge is 0.396 e. The third-order valence-electron chi connectivity index (χ3n) is 3.68. The molecule has 0 bridgehead atoms. The van der Waals surface area contributed by atoms with Crippen molar-refractivity contribution in [3.63, 3.8) is 0 Å². The number of hydrogen-bond donors (Lipinski definition) is 2. The van der Waals surface area contributed by atoms with Gasteiger partial charge in [-0.2, -0.15) is 0 Å². The number of rotatable bonds is 7. The molecule has 1 aliphatic rings. The zero-order valence-corrected chi connectivity index (χ0v) is 13.1. The third kappa shape index (κ3) is 5.21. The zero-order chi connectivity index (χ0) is 15.2. The zero-order valence-electron chi connectivity index (χ0n) is 12.4. The maximum atomic E-state index is 12.4. The summed E-state index contributed by atoms with van der Waals surface area (Å²) in [5.74, 6) is 0. The molecule has 1 aromatic rings. The summed E-state index contributed by atoms with van der Waals surface area (Å²) in [6.45, 7) is 2.75. The third-order valence-corrected chi connectivity index (χ3v) is 3.93. The lowest BCUT2D eigenvalue weighted by Crippen LogP contribution is -2.44. The summed E-state index contributed by atoms with van der Waals surface area (Å²) < 4.78 is 0. The Hall–Kier alpha value is -1.26. The lowest BCUT2D eigenvalue weighted by molar-refractivity contribution is 0.187. The molecule has 0 radical (unpaired) electrons. The van der Waals surface area contributed by atoms with E-state index < -0.39 is 0 Å². The predicted octanol–water partition coefficient (Wildman–Crippen LogP) is 3.18. The fourth-order valence-electron chi connectivity index (χ4n) is 2.30. The van der Waals surface area contributed by atoms with Gasteiger partial charge in [-0.05, 0) is 50.3 Å². The number of benzene rings is 1. The van der Waals surface area contributed by atoms with Crippen molar-refractivity contribution in [1.29, 1.82) is 0 Å². The van der Waals surface area contributed by atoms with E-state index in [1.54, 1.807) is 0 Å². The van der Waals surface area contributed by atoms with Crippen LogP contribution in [0.2, 0.25) is 5.02 Å². The van der Waals surface area contributed by atoms with E-state index in [0.717, 1.165) is 24.8 Å². The van der Waals surface area contributed by atoms with Crippen LogP contribution in [0.1, 0.15) is 38.2 Å². The van der Waals surface area contributed by atoms with Crippen LogP contribution in [0.3, 0.4) is 0 Å². The van der Waals surface area contributed by atoms with Gasteiger partial charge in [0, 0.05) is 30.3 Å². The van der Waals surface area contributed by atoms with Crippen LogP contribution < -0.4 is 5.32 Å². The van der Waals surface area contributed by atoms with Crippen molar-refractivity contribution < 1.29 is 9.90 Å². The Balaban J connectivity index is 1.92. The van der Waals surface area contributed by atoms with E-state index >= 15 is 0 Å². The topological polar surface area (TPSA) is 52.6 Å². The Morgan fingerprint density at radius 1 is 1.43 bits per heavy atom. The highest BCUT2D eigenvalue weighted by atomic mass is 35.5. The second-order valence-corrected chi connectivity index (χ2v) is 6.14. The van der Waals surface area contributed by atoms with Crippen LogP contribution in [-0.4, -0.2) is 34.7 Å². The number of carbonyl (C=O) groups is 1. The van der Waals surface area contributed by atoms with E-state index in [-0.39, 0.29) is 18.7 Å². The van der Waals surface area contributed by atoms with E-state index in [9.17, 15) is 4.79 Å². The lowest BCUT2D eigenvalue weighted by atomic mass is 10.2. The number of aliphatic hydroxyl groups is 1. The Kier molecular flexibility index (Phi) is 5.88. The van der Waals surface area contributed by atoms with Crippen molar-refractivity contribution in [3.05, 3.63) is 34.9 Å². The fourth-order valence-corrected chi connectivity index (χ4v) is 2.43. The van der Waals surface area contributed by atoms with Gasteiger partial charge in [0.05, 0.1) is 0 Å². The average molecular weight is 311 g/mol. The first-order valence-electron chi connectivity index (χ1n) is 7.52. The number of hydrogen-bond acceptors (Lipinski definition) is 2. The summed E-state index contributed by atoms with van der Waals surface area (Å²) in [5, 5.41) is 12.6. The molecule has 2 amide bonds. The monoisotopic (exact) mass is 310 g/mol. The second-order valence-electron chi connectivity index (χ2n) is 5.70. The number of nitrogens with zero attached hydrogens (tertiary/aromatic N) is 1. The van der Waals surface area contributed by atoms with E-state index in [2.05, 4.69) is 5.32 Å². The highest BCUT2D eigenvalue weighted by molar-refractivity contribution is 6.30. The van der Waals surface area contributed by atoms with Crippen molar-refractivity contribution in [2.75, 3.05) is 6.61 Å². The van der Waals surface area contributed by atoms with Gasteiger partial charge in [0.25, 0.3) is 0 Å².